The summed E-state index contributed by atoms with van der Waals surface area (Å²) in [5.74, 6) is -0.750. The molecule has 19 heavy (non-hydrogen) atoms. The number of anilines is 1. The van der Waals surface area contributed by atoms with E-state index >= 15 is 0 Å². The Morgan fingerprint density at radius 3 is 2.47 bits per heavy atom. The summed E-state index contributed by atoms with van der Waals surface area (Å²) in [4.78, 5) is 21.8. The highest BCUT2D eigenvalue weighted by atomic mass is 32.2. The predicted molar refractivity (Wildman–Crippen MR) is 77.6 cm³/mol. The number of rotatable bonds is 6. The molecule has 5 nitrogen and oxygen atoms in total. The second-order valence-corrected chi connectivity index (χ2v) is 5.03. The number of carbonyl (C=O) groups is 2. The van der Waals surface area contributed by atoms with Gasteiger partial charge in [-0.15, -0.1) is 11.8 Å². The third-order valence-electron chi connectivity index (χ3n) is 2.19. The first-order chi connectivity index (χ1) is 8.99. The first kappa shape index (κ1) is 15.2. The van der Waals surface area contributed by atoms with Crippen LogP contribution in [-0.2, 0) is 9.59 Å². The molecule has 0 fully saturated rings. The summed E-state index contributed by atoms with van der Waals surface area (Å²) >= 11 is 1.14. The smallest absolute Gasteiger partial charge is 0.304 e. The van der Waals surface area contributed by atoms with Gasteiger partial charge in [-0.2, -0.15) is 5.10 Å². The minimum absolute atomic E-state index is 0.00149. The molecule has 0 radical (unpaired) electrons. The Morgan fingerprint density at radius 1 is 1.32 bits per heavy atom. The van der Waals surface area contributed by atoms with Crippen LogP contribution < -0.4 is 5.43 Å². The number of hydrogen-bond donors (Lipinski definition) is 2. The molecule has 0 heterocycles. The van der Waals surface area contributed by atoms with Crippen molar-refractivity contribution in [3.05, 3.63) is 29.8 Å². The lowest BCUT2D eigenvalue weighted by Crippen LogP contribution is -2.10. The van der Waals surface area contributed by atoms with E-state index in [9.17, 15) is 9.59 Å². The second kappa shape index (κ2) is 7.58. The standard InChI is InChI=1S/C13H16N2O3S/c1-9-3-5-11(6-4-9)14-15-13(10(2)16)19-8-7-12(17)18/h3-6,14H,7-8H2,1-2H3,(H,17,18)/b15-13+. The Kier molecular flexibility index (Phi) is 6.08. The number of Topliss-reactive ketones (excluding diaryl/α,β-unsaturated/α-hetero) is 1. The normalized spacial score (nSPS) is 11.2. The first-order valence-corrected chi connectivity index (χ1v) is 6.73. The number of nitrogens with one attached hydrogen (secondary N) is 1. The fourth-order valence-corrected chi connectivity index (χ4v) is 1.97. The molecule has 102 valence electrons. The van der Waals surface area contributed by atoms with Gasteiger partial charge < -0.3 is 5.11 Å². The van der Waals surface area contributed by atoms with Crippen molar-refractivity contribution in [2.45, 2.75) is 20.3 Å². The summed E-state index contributed by atoms with van der Waals surface area (Å²) in [6, 6.07) is 7.59. The minimum Gasteiger partial charge on any atom is -0.481 e. The minimum atomic E-state index is -0.887. The number of thioether (sulfide) groups is 1. The van der Waals surface area contributed by atoms with Crippen molar-refractivity contribution in [3.8, 4) is 0 Å². The summed E-state index contributed by atoms with van der Waals surface area (Å²) in [5.41, 5.74) is 4.71. The van der Waals surface area contributed by atoms with Crippen LogP contribution in [0.3, 0.4) is 0 Å². The number of nitrogens with zero attached hydrogens (tertiary/aromatic N) is 1. The maximum Gasteiger partial charge on any atom is 0.304 e. The molecule has 1 aromatic rings. The van der Waals surface area contributed by atoms with E-state index in [4.69, 9.17) is 5.11 Å². The molecular formula is C13H16N2O3S. The third-order valence-corrected chi connectivity index (χ3v) is 3.25. The van der Waals surface area contributed by atoms with Crippen LogP contribution in [0.2, 0.25) is 0 Å². The highest BCUT2D eigenvalue weighted by Gasteiger charge is 2.08. The first-order valence-electron chi connectivity index (χ1n) is 5.75. The van der Waals surface area contributed by atoms with Crippen molar-refractivity contribution < 1.29 is 14.7 Å². The average molecular weight is 280 g/mol. The average Bonchev–Trinajstić information content (AvgIpc) is 2.34. The van der Waals surface area contributed by atoms with Crippen molar-refractivity contribution in [1.29, 1.82) is 0 Å². The molecule has 0 saturated carbocycles. The second-order valence-electron chi connectivity index (χ2n) is 3.94. The monoisotopic (exact) mass is 280 g/mol. The van der Waals surface area contributed by atoms with E-state index in [-0.39, 0.29) is 17.2 Å². The summed E-state index contributed by atoms with van der Waals surface area (Å²) in [6.45, 7) is 3.39. The third kappa shape index (κ3) is 6.05. The zero-order valence-corrected chi connectivity index (χ0v) is 11.7. The molecule has 1 aromatic carbocycles. The van der Waals surface area contributed by atoms with Crippen LogP contribution in [0.1, 0.15) is 18.9 Å². The van der Waals surface area contributed by atoms with Crippen LogP contribution in [0.15, 0.2) is 29.4 Å². The van der Waals surface area contributed by atoms with Gasteiger partial charge in [0.05, 0.1) is 12.1 Å². The number of hydrogen-bond acceptors (Lipinski definition) is 5. The maximum atomic E-state index is 11.4. The van der Waals surface area contributed by atoms with Crippen molar-refractivity contribution in [1.82, 2.24) is 0 Å². The number of benzene rings is 1. The Labute approximate surface area is 116 Å². The van der Waals surface area contributed by atoms with Gasteiger partial charge in [-0.05, 0) is 19.1 Å². The molecule has 0 atom stereocenters. The van der Waals surface area contributed by atoms with E-state index in [0.717, 1.165) is 23.0 Å². The topological polar surface area (TPSA) is 78.8 Å². The van der Waals surface area contributed by atoms with E-state index in [2.05, 4.69) is 10.5 Å². The molecule has 0 bridgehead atoms. The van der Waals surface area contributed by atoms with Gasteiger partial charge in [-0.1, -0.05) is 17.7 Å². The number of carboxylic acids is 1. The lowest BCUT2D eigenvalue weighted by Gasteiger charge is -2.04. The van der Waals surface area contributed by atoms with Crippen LogP contribution in [0.25, 0.3) is 0 Å². The van der Waals surface area contributed by atoms with Gasteiger partial charge in [-0.25, -0.2) is 0 Å². The van der Waals surface area contributed by atoms with E-state index in [1.165, 1.54) is 6.92 Å². The summed E-state index contributed by atoms with van der Waals surface area (Å²) in [7, 11) is 0. The van der Waals surface area contributed by atoms with E-state index in [1.54, 1.807) is 0 Å². The fourth-order valence-electron chi connectivity index (χ4n) is 1.19. The van der Waals surface area contributed by atoms with Gasteiger partial charge in [-0.3, -0.25) is 15.0 Å². The number of aryl methyl sites for hydroxylation is 1. The fraction of sp³-hybridized carbons (Fsp3) is 0.308. The van der Waals surface area contributed by atoms with Crippen molar-refractivity contribution in [3.63, 3.8) is 0 Å². The van der Waals surface area contributed by atoms with E-state index in [0.29, 0.717) is 5.75 Å². The molecule has 0 aromatic heterocycles. The van der Waals surface area contributed by atoms with Crippen LogP contribution in [0, 0.1) is 6.92 Å². The molecule has 6 heteroatoms. The molecule has 2 N–H and O–H groups in total. The summed E-state index contributed by atoms with van der Waals surface area (Å²) in [6.07, 6.45) is 0.00149. The number of hydrazone groups is 1. The lowest BCUT2D eigenvalue weighted by atomic mass is 10.2. The van der Waals surface area contributed by atoms with Gasteiger partial charge >= 0.3 is 5.97 Å². The maximum absolute atomic E-state index is 11.4. The van der Waals surface area contributed by atoms with Crippen LogP contribution in [-0.4, -0.2) is 27.7 Å². The summed E-state index contributed by atoms with van der Waals surface area (Å²) < 4.78 is 0. The molecule has 0 unspecified atom stereocenters. The highest BCUT2D eigenvalue weighted by Crippen LogP contribution is 2.11. The van der Waals surface area contributed by atoms with Crippen molar-refractivity contribution in [2.75, 3.05) is 11.2 Å². The Hall–Kier alpha value is -1.82. The van der Waals surface area contributed by atoms with Gasteiger partial charge in [0, 0.05) is 12.7 Å². The number of aliphatic carboxylic acids is 1. The van der Waals surface area contributed by atoms with Crippen LogP contribution >= 0.6 is 11.8 Å². The highest BCUT2D eigenvalue weighted by molar-refractivity contribution is 8.15. The molecule has 0 spiro atoms. The molecule has 0 aliphatic heterocycles. The SMILES string of the molecule is CC(=O)/C(=N\Nc1ccc(C)cc1)SCCC(=O)O. The Bertz CT molecular complexity index is 483. The van der Waals surface area contributed by atoms with Crippen molar-refractivity contribution in [2.24, 2.45) is 5.10 Å². The Morgan fingerprint density at radius 2 is 1.95 bits per heavy atom. The lowest BCUT2D eigenvalue weighted by molar-refractivity contribution is -0.136. The molecule has 0 aliphatic carbocycles. The molecule has 0 amide bonds. The largest absolute Gasteiger partial charge is 0.481 e. The molecule has 1 rings (SSSR count). The zero-order valence-electron chi connectivity index (χ0n) is 10.8. The zero-order chi connectivity index (χ0) is 14.3. The molecule has 0 saturated heterocycles. The van der Waals surface area contributed by atoms with E-state index in [1.807, 2.05) is 31.2 Å². The van der Waals surface area contributed by atoms with Crippen LogP contribution in [0.5, 0.6) is 0 Å². The quantitative estimate of drug-likeness (QED) is 0.475. The van der Waals surface area contributed by atoms with Crippen LogP contribution in [0.4, 0.5) is 5.69 Å². The van der Waals surface area contributed by atoms with Gasteiger partial charge in [0.1, 0.15) is 0 Å². The van der Waals surface area contributed by atoms with Gasteiger partial charge in [0.25, 0.3) is 0 Å². The molecular weight excluding hydrogens is 264 g/mol. The van der Waals surface area contributed by atoms with Crippen molar-refractivity contribution >= 4 is 34.2 Å². The van der Waals surface area contributed by atoms with Gasteiger partial charge in [0.15, 0.2) is 10.8 Å². The van der Waals surface area contributed by atoms with Gasteiger partial charge in [0.2, 0.25) is 0 Å². The summed E-state index contributed by atoms with van der Waals surface area (Å²) in [5, 5.41) is 12.8. The molecule has 0 aliphatic rings. The number of carboxylic acid groups (broad SMARTS) is 1. The van der Waals surface area contributed by atoms with E-state index < -0.39 is 5.97 Å². The Balaban J connectivity index is 2.60. The number of ketones is 1. The predicted octanol–water partition coefficient (Wildman–Crippen LogP) is 2.52. The number of carbonyl (C=O) groups excluding carboxylic acids is 1.